The second-order valence-corrected chi connectivity index (χ2v) is 9.15. The number of fused-ring (bicyclic) bond motifs is 3. The number of allylic oxidation sites excluding steroid dienone is 2. The van der Waals surface area contributed by atoms with Crippen LogP contribution >= 0.6 is 0 Å². The van der Waals surface area contributed by atoms with E-state index in [-0.39, 0.29) is 11.9 Å². The summed E-state index contributed by atoms with van der Waals surface area (Å²) in [6, 6.07) is 0. The second-order valence-electron chi connectivity index (χ2n) is 9.15. The van der Waals surface area contributed by atoms with E-state index >= 15 is 0 Å². The average molecular weight is 344 g/mol. The molecule has 0 unspecified atom stereocenters. The molecule has 4 aliphatic carbocycles. The predicted octanol–water partition coefficient (Wildman–Crippen LogP) is 2.89. The first-order chi connectivity index (χ1) is 11.9. The van der Waals surface area contributed by atoms with Crippen molar-refractivity contribution in [3.05, 3.63) is 22.8 Å². The van der Waals surface area contributed by atoms with Gasteiger partial charge in [0.2, 0.25) is 0 Å². The Hall–Kier alpha value is -1.13. The first-order valence-corrected chi connectivity index (χ1v) is 9.92. The molecular weight excluding hydrogens is 316 g/mol. The fourth-order valence-electron chi connectivity index (χ4n) is 6.85. The van der Waals surface area contributed by atoms with Crippen molar-refractivity contribution in [1.29, 1.82) is 0 Å². The molecule has 0 aromatic carbocycles. The zero-order valence-electron chi connectivity index (χ0n) is 15.1. The maximum atomic E-state index is 12.9. The SMILES string of the molecule is CC[C@@]1(C)CCC2=C1CC[C@H]1[C@H]2C[C@@H](O)C2=C[C@@H](O)[C@@H]3C[C@@]21C(=O)O3. The third-order valence-corrected chi connectivity index (χ3v) is 8.34. The fourth-order valence-corrected chi connectivity index (χ4v) is 6.85. The van der Waals surface area contributed by atoms with Crippen LogP contribution in [0.4, 0.5) is 0 Å². The average Bonchev–Trinajstić information content (AvgIpc) is 3.08. The lowest BCUT2D eigenvalue weighted by Gasteiger charge is -2.51. The van der Waals surface area contributed by atoms with Crippen LogP contribution < -0.4 is 0 Å². The molecule has 25 heavy (non-hydrogen) atoms. The maximum absolute atomic E-state index is 12.9. The molecule has 0 amide bonds. The van der Waals surface area contributed by atoms with E-state index in [0.717, 1.165) is 24.8 Å². The highest BCUT2D eigenvalue weighted by atomic mass is 16.6. The summed E-state index contributed by atoms with van der Waals surface area (Å²) in [4.78, 5) is 12.9. The summed E-state index contributed by atoms with van der Waals surface area (Å²) in [6.07, 6.45) is 6.70. The van der Waals surface area contributed by atoms with E-state index < -0.39 is 23.7 Å². The maximum Gasteiger partial charge on any atom is 0.317 e. The summed E-state index contributed by atoms with van der Waals surface area (Å²) in [6.45, 7) is 4.66. The van der Waals surface area contributed by atoms with Crippen LogP contribution in [0.5, 0.6) is 0 Å². The molecule has 5 aliphatic rings. The summed E-state index contributed by atoms with van der Waals surface area (Å²) in [5.41, 5.74) is 3.53. The highest BCUT2D eigenvalue weighted by Gasteiger charge is 2.66. The minimum Gasteiger partial charge on any atom is -0.459 e. The number of carbonyl (C=O) groups excluding carboxylic acids is 1. The lowest BCUT2D eigenvalue weighted by Crippen LogP contribution is -2.52. The number of aliphatic hydroxyl groups excluding tert-OH is 2. The molecule has 0 radical (unpaired) electrons. The van der Waals surface area contributed by atoms with Crippen LogP contribution in [0.25, 0.3) is 0 Å². The van der Waals surface area contributed by atoms with E-state index in [1.807, 2.05) is 0 Å². The molecule has 1 aliphatic heterocycles. The first kappa shape index (κ1) is 16.1. The Labute approximate surface area is 148 Å². The van der Waals surface area contributed by atoms with E-state index in [0.29, 0.717) is 24.2 Å². The van der Waals surface area contributed by atoms with E-state index in [4.69, 9.17) is 4.74 Å². The summed E-state index contributed by atoms with van der Waals surface area (Å²) in [5.74, 6) is 0.324. The Morgan fingerprint density at radius 2 is 2.12 bits per heavy atom. The van der Waals surface area contributed by atoms with E-state index in [9.17, 15) is 15.0 Å². The van der Waals surface area contributed by atoms with Crippen LogP contribution in [0.3, 0.4) is 0 Å². The third kappa shape index (κ3) is 1.83. The van der Waals surface area contributed by atoms with Crippen LogP contribution in [0, 0.1) is 22.7 Å². The number of hydrogen-bond acceptors (Lipinski definition) is 4. The van der Waals surface area contributed by atoms with Gasteiger partial charge in [-0.1, -0.05) is 25.0 Å². The predicted molar refractivity (Wildman–Crippen MR) is 92.5 cm³/mol. The van der Waals surface area contributed by atoms with E-state index in [1.165, 1.54) is 18.4 Å². The van der Waals surface area contributed by atoms with E-state index in [1.54, 1.807) is 11.6 Å². The highest BCUT2D eigenvalue weighted by molar-refractivity contribution is 5.85. The number of carbonyl (C=O) groups is 1. The van der Waals surface area contributed by atoms with Crippen LogP contribution in [0.1, 0.15) is 58.8 Å². The molecule has 1 spiro atoms. The number of aliphatic hydroxyl groups is 2. The third-order valence-electron chi connectivity index (χ3n) is 8.34. The lowest BCUT2D eigenvalue weighted by atomic mass is 9.51. The van der Waals surface area contributed by atoms with Crippen molar-refractivity contribution < 1.29 is 19.7 Å². The summed E-state index contributed by atoms with van der Waals surface area (Å²) in [5, 5.41) is 21.1. The standard InChI is InChI=1S/C21H28O4/c1-3-20(2)7-6-11-12-8-16(22)15-9-17(23)18-10-21(15,19(24)25-18)14(12)5-4-13(11)20/h9,12,14,16-18,22-23H,3-8,10H2,1-2H3/t12-,14-,16+,17+,18-,20-,21-/m0/s1. The Morgan fingerprint density at radius 3 is 2.88 bits per heavy atom. The smallest absolute Gasteiger partial charge is 0.317 e. The number of ether oxygens (including phenoxy) is 1. The van der Waals surface area contributed by atoms with Crippen molar-refractivity contribution in [2.24, 2.45) is 22.7 Å². The second kappa shape index (κ2) is 4.98. The van der Waals surface area contributed by atoms with E-state index in [2.05, 4.69) is 13.8 Å². The molecule has 4 nitrogen and oxygen atoms in total. The monoisotopic (exact) mass is 344 g/mol. The van der Waals surface area contributed by atoms with Crippen molar-refractivity contribution in [2.45, 2.75) is 77.1 Å². The number of rotatable bonds is 1. The zero-order valence-corrected chi connectivity index (χ0v) is 15.1. The van der Waals surface area contributed by atoms with Gasteiger partial charge in [-0.25, -0.2) is 0 Å². The van der Waals surface area contributed by atoms with Gasteiger partial charge < -0.3 is 14.9 Å². The van der Waals surface area contributed by atoms with Crippen molar-refractivity contribution in [3.63, 3.8) is 0 Å². The van der Waals surface area contributed by atoms with Crippen molar-refractivity contribution in [2.75, 3.05) is 0 Å². The Morgan fingerprint density at radius 1 is 1.32 bits per heavy atom. The molecule has 7 atom stereocenters. The number of esters is 1. The molecule has 136 valence electrons. The van der Waals surface area contributed by atoms with Crippen LogP contribution in [-0.2, 0) is 9.53 Å². The van der Waals surface area contributed by atoms with Gasteiger partial charge in [0.15, 0.2) is 0 Å². The van der Waals surface area contributed by atoms with Crippen LogP contribution in [-0.4, -0.2) is 34.5 Å². The zero-order chi connectivity index (χ0) is 17.6. The summed E-state index contributed by atoms with van der Waals surface area (Å²) < 4.78 is 5.56. The van der Waals surface area contributed by atoms with Gasteiger partial charge in [-0.2, -0.15) is 0 Å². The highest BCUT2D eigenvalue weighted by Crippen LogP contribution is 2.65. The quantitative estimate of drug-likeness (QED) is 0.567. The van der Waals surface area contributed by atoms with Gasteiger partial charge in [-0.05, 0) is 67.4 Å². The molecule has 5 rings (SSSR count). The van der Waals surface area contributed by atoms with Gasteiger partial charge in [-0.15, -0.1) is 0 Å². The molecule has 1 heterocycles. The van der Waals surface area contributed by atoms with Crippen molar-refractivity contribution >= 4 is 5.97 Å². The Balaban J connectivity index is 1.62. The Bertz CT molecular complexity index is 707. The van der Waals surface area contributed by atoms with Crippen LogP contribution in [0.15, 0.2) is 22.8 Å². The molecule has 1 saturated heterocycles. The van der Waals surface area contributed by atoms with Gasteiger partial charge in [0.1, 0.15) is 12.2 Å². The Kier molecular flexibility index (Phi) is 3.20. The first-order valence-electron chi connectivity index (χ1n) is 9.92. The molecule has 4 heteroatoms. The molecule has 1 saturated carbocycles. The molecule has 0 aromatic heterocycles. The molecular formula is C21H28O4. The van der Waals surface area contributed by atoms with Crippen molar-refractivity contribution in [1.82, 2.24) is 0 Å². The topological polar surface area (TPSA) is 66.8 Å². The lowest BCUT2D eigenvalue weighted by molar-refractivity contribution is -0.153. The molecule has 2 N–H and O–H groups in total. The van der Waals surface area contributed by atoms with Gasteiger partial charge in [0.25, 0.3) is 0 Å². The molecule has 2 bridgehead atoms. The largest absolute Gasteiger partial charge is 0.459 e. The normalized spacial score (nSPS) is 50.8. The van der Waals surface area contributed by atoms with Gasteiger partial charge in [-0.3, -0.25) is 4.79 Å². The van der Waals surface area contributed by atoms with Crippen molar-refractivity contribution in [3.8, 4) is 0 Å². The summed E-state index contributed by atoms with van der Waals surface area (Å²) in [7, 11) is 0. The minimum atomic E-state index is -0.769. The van der Waals surface area contributed by atoms with Gasteiger partial charge >= 0.3 is 5.97 Å². The van der Waals surface area contributed by atoms with Gasteiger partial charge in [0, 0.05) is 6.42 Å². The fraction of sp³-hybridized carbons (Fsp3) is 0.762. The summed E-state index contributed by atoms with van der Waals surface area (Å²) >= 11 is 0. The van der Waals surface area contributed by atoms with Gasteiger partial charge in [0.05, 0.1) is 11.5 Å². The number of hydrogen-bond donors (Lipinski definition) is 2. The molecule has 2 fully saturated rings. The minimum absolute atomic E-state index is 0.200. The molecule has 0 aromatic rings. The van der Waals surface area contributed by atoms with Crippen LogP contribution in [0.2, 0.25) is 0 Å².